The van der Waals surface area contributed by atoms with Crippen LogP contribution < -0.4 is 16.0 Å². The molecule has 1 aliphatic rings. The van der Waals surface area contributed by atoms with Gasteiger partial charge in [0, 0.05) is 19.0 Å². The second-order valence-electron chi connectivity index (χ2n) is 4.39. The summed E-state index contributed by atoms with van der Waals surface area (Å²) >= 11 is 0. The summed E-state index contributed by atoms with van der Waals surface area (Å²) in [7, 11) is 0. The van der Waals surface area contributed by atoms with E-state index in [2.05, 4.69) is 16.0 Å². The summed E-state index contributed by atoms with van der Waals surface area (Å²) in [6, 6.07) is -0.0409. The van der Waals surface area contributed by atoms with Gasteiger partial charge in [-0.2, -0.15) is 0 Å². The van der Waals surface area contributed by atoms with E-state index in [1.807, 2.05) is 13.8 Å². The fourth-order valence-corrected chi connectivity index (χ4v) is 1.61. The lowest BCUT2D eigenvalue weighted by molar-refractivity contribution is -0.125. The maximum Gasteiger partial charge on any atom is 0.237 e. The molecule has 92 valence electrons. The highest BCUT2D eigenvalue weighted by molar-refractivity contribution is 5.82. The number of carbonyl (C=O) groups is 2. The molecule has 3 N–H and O–H groups in total. The second kappa shape index (κ2) is 6.48. The Kier molecular flexibility index (Phi) is 5.25. The second-order valence-corrected chi connectivity index (χ2v) is 4.39. The van der Waals surface area contributed by atoms with Crippen molar-refractivity contribution in [2.24, 2.45) is 5.92 Å². The first-order chi connectivity index (χ1) is 7.61. The molecular weight excluding hydrogens is 206 g/mol. The van der Waals surface area contributed by atoms with Crippen molar-refractivity contribution in [2.75, 3.05) is 19.6 Å². The van der Waals surface area contributed by atoms with Gasteiger partial charge in [0.05, 0.1) is 6.04 Å². The van der Waals surface area contributed by atoms with Gasteiger partial charge in [-0.15, -0.1) is 0 Å². The third-order valence-electron chi connectivity index (χ3n) is 2.62. The monoisotopic (exact) mass is 227 g/mol. The van der Waals surface area contributed by atoms with Crippen LogP contribution in [0, 0.1) is 5.92 Å². The fraction of sp³-hybridized carbons (Fsp3) is 0.818. The lowest BCUT2D eigenvalue weighted by Gasteiger charge is -2.12. The van der Waals surface area contributed by atoms with Crippen LogP contribution in [0.3, 0.4) is 0 Å². The molecule has 0 aromatic rings. The molecule has 5 nitrogen and oxygen atoms in total. The molecule has 0 aliphatic carbocycles. The number of nitrogens with one attached hydrogen (secondary N) is 3. The quantitative estimate of drug-likeness (QED) is 0.561. The Morgan fingerprint density at radius 2 is 2.00 bits per heavy atom. The smallest absolute Gasteiger partial charge is 0.237 e. The van der Waals surface area contributed by atoms with E-state index in [0.717, 1.165) is 19.4 Å². The first-order valence-electron chi connectivity index (χ1n) is 5.90. The summed E-state index contributed by atoms with van der Waals surface area (Å²) in [6.45, 7) is 5.60. The van der Waals surface area contributed by atoms with Crippen LogP contribution in [-0.4, -0.2) is 37.5 Å². The third kappa shape index (κ3) is 4.18. The van der Waals surface area contributed by atoms with E-state index in [-0.39, 0.29) is 23.8 Å². The lowest BCUT2D eigenvalue weighted by Crippen LogP contribution is -2.43. The largest absolute Gasteiger partial charge is 0.354 e. The zero-order chi connectivity index (χ0) is 12.0. The Morgan fingerprint density at radius 3 is 2.56 bits per heavy atom. The molecule has 1 heterocycles. The molecule has 0 spiro atoms. The van der Waals surface area contributed by atoms with Crippen LogP contribution in [0.1, 0.15) is 26.7 Å². The molecule has 1 atom stereocenters. The molecular formula is C11H21N3O2. The highest BCUT2D eigenvalue weighted by atomic mass is 16.2. The Bertz CT molecular complexity index is 248. The molecule has 0 saturated carbocycles. The van der Waals surface area contributed by atoms with Gasteiger partial charge in [0.1, 0.15) is 0 Å². The normalized spacial score (nSPS) is 19.8. The van der Waals surface area contributed by atoms with E-state index < -0.39 is 0 Å². The van der Waals surface area contributed by atoms with Crippen LogP contribution in [0.2, 0.25) is 0 Å². The molecule has 2 amide bonds. The minimum atomic E-state index is -0.0409. The van der Waals surface area contributed by atoms with Gasteiger partial charge in [0.15, 0.2) is 0 Å². The lowest BCUT2D eigenvalue weighted by atomic mass is 10.2. The summed E-state index contributed by atoms with van der Waals surface area (Å²) in [4.78, 5) is 22.7. The van der Waals surface area contributed by atoms with Crippen LogP contribution in [0.15, 0.2) is 0 Å². The van der Waals surface area contributed by atoms with E-state index in [1.165, 1.54) is 0 Å². The van der Waals surface area contributed by atoms with E-state index in [9.17, 15) is 9.59 Å². The van der Waals surface area contributed by atoms with E-state index in [1.54, 1.807) is 0 Å². The van der Waals surface area contributed by atoms with Gasteiger partial charge in [-0.25, -0.2) is 0 Å². The van der Waals surface area contributed by atoms with Crippen LogP contribution in [0.4, 0.5) is 0 Å². The maximum atomic E-state index is 11.5. The molecule has 1 saturated heterocycles. The van der Waals surface area contributed by atoms with Crippen molar-refractivity contribution in [3.8, 4) is 0 Å². The van der Waals surface area contributed by atoms with Crippen LogP contribution in [0.25, 0.3) is 0 Å². The van der Waals surface area contributed by atoms with Crippen molar-refractivity contribution in [3.05, 3.63) is 0 Å². The predicted molar refractivity (Wildman–Crippen MR) is 61.9 cm³/mol. The maximum absolute atomic E-state index is 11.5. The summed E-state index contributed by atoms with van der Waals surface area (Å²) in [6.07, 6.45) is 1.96. The topological polar surface area (TPSA) is 70.2 Å². The molecule has 1 rings (SSSR count). The number of hydrogen-bond acceptors (Lipinski definition) is 3. The van der Waals surface area contributed by atoms with E-state index in [0.29, 0.717) is 13.1 Å². The highest BCUT2D eigenvalue weighted by Crippen LogP contribution is 2.03. The number of carbonyl (C=O) groups excluding carboxylic acids is 2. The molecule has 1 unspecified atom stereocenters. The van der Waals surface area contributed by atoms with Crippen molar-refractivity contribution < 1.29 is 9.59 Å². The first-order valence-corrected chi connectivity index (χ1v) is 5.90. The van der Waals surface area contributed by atoms with Crippen molar-refractivity contribution in [2.45, 2.75) is 32.7 Å². The zero-order valence-corrected chi connectivity index (χ0v) is 10.0. The zero-order valence-electron chi connectivity index (χ0n) is 10.0. The van der Waals surface area contributed by atoms with Crippen molar-refractivity contribution in [1.82, 2.24) is 16.0 Å². The molecule has 1 fully saturated rings. The van der Waals surface area contributed by atoms with Gasteiger partial charge < -0.3 is 16.0 Å². The molecule has 0 radical (unpaired) electrons. The fourth-order valence-electron chi connectivity index (χ4n) is 1.61. The minimum Gasteiger partial charge on any atom is -0.354 e. The standard InChI is InChI=1S/C11H21N3O2/c1-8(2)10(15)13-6-7-14-11(16)9-4-3-5-12-9/h8-9,12H,3-7H2,1-2H3,(H,13,15)(H,14,16). The van der Waals surface area contributed by atoms with Crippen LogP contribution in [0.5, 0.6) is 0 Å². The summed E-state index contributed by atoms with van der Waals surface area (Å²) in [5.74, 6) is 0.0525. The molecule has 5 heteroatoms. The van der Waals surface area contributed by atoms with Gasteiger partial charge in [-0.05, 0) is 19.4 Å². The predicted octanol–water partition coefficient (Wildman–Crippen LogP) is -0.373. The van der Waals surface area contributed by atoms with Gasteiger partial charge in [0.25, 0.3) is 0 Å². The average molecular weight is 227 g/mol. The SMILES string of the molecule is CC(C)C(=O)NCCNC(=O)C1CCCN1. The highest BCUT2D eigenvalue weighted by Gasteiger charge is 2.21. The Hall–Kier alpha value is -1.10. The molecule has 0 aromatic carbocycles. The van der Waals surface area contributed by atoms with Gasteiger partial charge in [0.2, 0.25) is 11.8 Å². The molecule has 16 heavy (non-hydrogen) atoms. The molecule has 0 bridgehead atoms. The molecule has 0 aromatic heterocycles. The summed E-state index contributed by atoms with van der Waals surface area (Å²) < 4.78 is 0. The third-order valence-corrected chi connectivity index (χ3v) is 2.62. The summed E-state index contributed by atoms with van der Waals surface area (Å²) in [5, 5.41) is 8.68. The van der Waals surface area contributed by atoms with E-state index >= 15 is 0 Å². The van der Waals surface area contributed by atoms with Gasteiger partial charge in [-0.3, -0.25) is 9.59 Å². The number of amides is 2. The minimum absolute atomic E-state index is 0.00722. The van der Waals surface area contributed by atoms with Gasteiger partial charge in [-0.1, -0.05) is 13.8 Å². The first kappa shape index (κ1) is 13.0. The Labute approximate surface area is 96.4 Å². The molecule has 1 aliphatic heterocycles. The van der Waals surface area contributed by atoms with Crippen molar-refractivity contribution >= 4 is 11.8 Å². The van der Waals surface area contributed by atoms with E-state index in [4.69, 9.17) is 0 Å². The average Bonchev–Trinajstić information content (AvgIpc) is 2.76. The summed E-state index contributed by atoms with van der Waals surface area (Å²) in [5.41, 5.74) is 0. The van der Waals surface area contributed by atoms with Gasteiger partial charge >= 0.3 is 0 Å². The van der Waals surface area contributed by atoms with Crippen molar-refractivity contribution in [1.29, 1.82) is 0 Å². The van der Waals surface area contributed by atoms with Crippen LogP contribution in [-0.2, 0) is 9.59 Å². The number of rotatable bonds is 5. The van der Waals surface area contributed by atoms with Crippen LogP contribution >= 0.6 is 0 Å². The number of hydrogen-bond donors (Lipinski definition) is 3. The van der Waals surface area contributed by atoms with Crippen molar-refractivity contribution in [3.63, 3.8) is 0 Å². The Balaban J connectivity index is 2.06. The Morgan fingerprint density at radius 1 is 1.31 bits per heavy atom.